The molecule has 2 aromatic carbocycles. The fourth-order valence-electron chi connectivity index (χ4n) is 5.15. The highest BCUT2D eigenvalue weighted by Crippen LogP contribution is 2.57. The number of halogens is 3. The van der Waals surface area contributed by atoms with Crippen molar-refractivity contribution in [2.45, 2.75) is 61.3 Å². The van der Waals surface area contributed by atoms with Crippen molar-refractivity contribution in [3.63, 3.8) is 0 Å². The van der Waals surface area contributed by atoms with Gasteiger partial charge in [-0.15, -0.1) is 0 Å². The topological polar surface area (TPSA) is 56.8 Å². The van der Waals surface area contributed by atoms with E-state index in [2.05, 4.69) is 20.4 Å². The highest BCUT2D eigenvalue weighted by atomic mass is 32.2. The van der Waals surface area contributed by atoms with Gasteiger partial charge in [0.2, 0.25) is 0 Å². The molecule has 2 aromatic rings. The number of piperidine rings is 1. The van der Waals surface area contributed by atoms with E-state index in [1.807, 2.05) is 45.0 Å². The Bertz CT molecular complexity index is 1140. The van der Waals surface area contributed by atoms with Crippen molar-refractivity contribution in [1.29, 1.82) is 0 Å². The van der Waals surface area contributed by atoms with Gasteiger partial charge in [0, 0.05) is 28.8 Å². The van der Waals surface area contributed by atoms with Crippen LogP contribution in [0.4, 0.5) is 35.0 Å². The summed E-state index contributed by atoms with van der Waals surface area (Å²) in [6.45, 7) is 8.46. The largest absolute Gasteiger partial charge is 0.444 e. The average Bonchev–Trinajstić information content (AvgIpc) is 3.18. The minimum absolute atomic E-state index is 0.105. The highest BCUT2D eigenvalue weighted by molar-refractivity contribution is 7.99. The number of hydrogen-bond donors (Lipinski definition) is 2. The third kappa shape index (κ3) is 5.11. The molecule has 194 valence electrons. The summed E-state index contributed by atoms with van der Waals surface area (Å²) in [6, 6.07) is 10.4. The molecule has 1 unspecified atom stereocenters. The van der Waals surface area contributed by atoms with Crippen LogP contribution in [0.3, 0.4) is 0 Å². The van der Waals surface area contributed by atoms with Gasteiger partial charge in [0.25, 0.3) is 0 Å². The van der Waals surface area contributed by atoms with E-state index in [-0.39, 0.29) is 12.1 Å². The smallest absolute Gasteiger partial charge is 0.416 e. The number of carbonyl (C=O) groups excluding carboxylic acids is 1. The Balaban J connectivity index is 1.28. The highest BCUT2D eigenvalue weighted by Gasteiger charge is 2.43. The SMILES string of the molecule is CC(C)(C)OC(=O)NCCN1CCC(C2Nc3cc(C(F)(F)F)cc4c3N2c2ccccc2S4)CC1. The Labute approximate surface area is 213 Å². The van der Waals surface area contributed by atoms with Crippen LogP contribution < -0.4 is 15.5 Å². The maximum atomic E-state index is 13.6. The van der Waals surface area contributed by atoms with E-state index in [9.17, 15) is 18.0 Å². The maximum absolute atomic E-state index is 13.6. The number of alkyl halides is 3. The first-order chi connectivity index (χ1) is 17.0. The van der Waals surface area contributed by atoms with E-state index in [0.717, 1.165) is 48.7 Å². The minimum atomic E-state index is -4.40. The van der Waals surface area contributed by atoms with Gasteiger partial charge in [0.15, 0.2) is 0 Å². The van der Waals surface area contributed by atoms with E-state index in [1.165, 1.54) is 23.9 Å². The lowest BCUT2D eigenvalue weighted by atomic mass is 9.92. The maximum Gasteiger partial charge on any atom is 0.416 e. The summed E-state index contributed by atoms with van der Waals surface area (Å²) in [5, 5.41) is 6.26. The first-order valence-electron chi connectivity index (χ1n) is 12.3. The van der Waals surface area contributed by atoms with Gasteiger partial charge in [-0.1, -0.05) is 23.9 Å². The Morgan fingerprint density at radius 3 is 2.56 bits per heavy atom. The van der Waals surface area contributed by atoms with E-state index >= 15 is 0 Å². The van der Waals surface area contributed by atoms with Gasteiger partial charge in [-0.3, -0.25) is 0 Å². The van der Waals surface area contributed by atoms with Crippen molar-refractivity contribution < 1.29 is 22.7 Å². The number of benzene rings is 2. The van der Waals surface area contributed by atoms with Crippen LogP contribution in [-0.2, 0) is 10.9 Å². The zero-order valence-corrected chi connectivity index (χ0v) is 21.4. The third-order valence-corrected chi connectivity index (χ3v) is 7.84. The van der Waals surface area contributed by atoms with Crippen LogP contribution in [-0.4, -0.2) is 48.9 Å². The van der Waals surface area contributed by atoms with Crippen LogP contribution in [0.25, 0.3) is 0 Å². The molecular weight excluding hydrogens is 489 g/mol. The molecule has 1 fully saturated rings. The van der Waals surface area contributed by atoms with E-state index in [0.29, 0.717) is 17.1 Å². The summed E-state index contributed by atoms with van der Waals surface area (Å²) < 4.78 is 46.1. The number of fused-ring (bicyclic) bond motifs is 2. The molecule has 36 heavy (non-hydrogen) atoms. The second kappa shape index (κ2) is 9.37. The normalized spacial score (nSPS) is 19.9. The molecule has 5 rings (SSSR count). The number of nitrogens with zero attached hydrogens (tertiary/aromatic N) is 2. The number of amides is 1. The fourth-order valence-corrected chi connectivity index (χ4v) is 6.30. The lowest BCUT2D eigenvalue weighted by molar-refractivity contribution is -0.137. The van der Waals surface area contributed by atoms with Gasteiger partial charge in [0.05, 0.1) is 22.6 Å². The van der Waals surface area contributed by atoms with Crippen LogP contribution in [0.1, 0.15) is 39.2 Å². The number of rotatable bonds is 4. The van der Waals surface area contributed by atoms with Crippen LogP contribution in [0.2, 0.25) is 0 Å². The van der Waals surface area contributed by atoms with Crippen molar-refractivity contribution in [3.05, 3.63) is 42.0 Å². The Hall–Kier alpha value is -2.59. The number of alkyl carbamates (subject to hydrolysis) is 1. The Morgan fingerprint density at radius 1 is 1.14 bits per heavy atom. The summed E-state index contributed by atoms with van der Waals surface area (Å²) in [5.74, 6) is 0.269. The second-order valence-electron chi connectivity index (χ2n) is 10.5. The zero-order chi connectivity index (χ0) is 25.7. The summed E-state index contributed by atoms with van der Waals surface area (Å²) in [5.41, 5.74) is 1.29. The van der Waals surface area contributed by atoms with Gasteiger partial charge < -0.3 is 25.2 Å². The standard InChI is InChI=1S/C26H31F3N4O2S/c1-25(2,3)35-24(34)30-10-13-32-11-8-16(9-12-32)23-31-18-14-17(26(27,28)29)15-21-22(18)33(23)19-6-4-5-7-20(19)36-21/h4-7,14-16,23,31H,8-13H2,1-3H3,(H,30,34). The van der Waals surface area contributed by atoms with Crippen molar-refractivity contribution in [1.82, 2.24) is 10.2 Å². The molecule has 0 spiro atoms. The van der Waals surface area contributed by atoms with Gasteiger partial charge in [0.1, 0.15) is 11.8 Å². The predicted molar refractivity (Wildman–Crippen MR) is 135 cm³/mol. The van der Waals surface area contributed by atoms with Crippen LogP contribution in [0, 0.1) is 5.92 Å². The molecule has 3 aliphatic heterocycles. The molecule has 1 saturated heterocycles. The molecule has 0 radical (unpaired) electrons. The summed E-state index contributed by atoms with van der Waals surface area (Å²) in [7, 11) is 0. The van der Waals surface area contributed by atoms with Crippen LogP contribution in [0.5, 0.6) is 0 Å². The summed E-state index contributed by atoms with van der Waals surface area (Å²) in [4.78, 5) is 18.0. The molecule has 0 aliphatic carbocycles. The second-order valence-corrected chi connectivity index (χ2v) is 11.6. The number of hydrogen-bond acceptors (Lipinski definition) is 6. The Kier molecular flexibility index (Phi) is 6.53. The minimum Gasteiger partial charge on any atom is -0.444 e. The number of para-hydroxylation sites is 1. The number of likely N-dealkylation sites (tertiary alicyclic amines) is 1. The molecule has 1 amide bonds. The Morgan fingerprint density at radius 2 is 1.86 bits per heavy atom. The molecule has 0 saturated carbocycles. The van der Waals surface area contributed by atoms with Gasteiger partial charge in [-0.05, 0) is 71.0 Å². The lowest BCUT2D eigenvalue weighted by Gasteiger charge is -2.40. The molecule has 0 bridgehead atoms. The average molecular weight is 521 g/mol. The third-order valence-electron chi connectivity index (χ3n) is 6.74. The molecule has 0 aromatic heterocycles. The van der Waals surface area contributed by atoms with Crippen LogP contribution in [0.15, 0.2) is 46.2 Å². The molecule has 3 aliphatic rings. The summed E-state index contributed by atoms with van der Waals surface area (Å²) >= 11 is 1.40. The first kappa shape index (κ1) is 25.1. The van der Waals surface area contributed by atoms with Crippen LogP contribution >= 0.6 is 11.8 Å². The first-order valence-corrected chi connectivity index (χ1v) is 13.1. The molecule has 10 heteroatoms. The number of carbonyl (C=O) groups is 1. The molecule has 2 N–H and O–H groups in total. The molecule has 1 atom stereocenters. The fraction of sp³-hybridized carbons (Fsp3) is 0.500. The van der Waals surface area contributed by atoms with Crippen molar-refractivity contribution in [2.75, 3.05) is 36.4 Å². The lowest BCUT2D eigenvalue weighted by Crippen LogP contribution is -2.47. The van der Waals surface area contributed by atoms with Gasteiger partial charge >= 0.3 is 12.3 Å². The van der Waals surface area contributed by atoms with Crippen molar-refractivity contribution in [2.24, 2.45) is 5.92 Å². The predicted octanol–water partition coefficient (Wildman–Crippen LogP) is 6.30. The van der Waals surface area contributed by atoms with Crippen molar-refractivity contribution in [3.8, 4) is 0 Å². The quantitative estimate of drug-likeness (QED) is 0.494. The van der Waals surface area contributed by atoms with Gasteiger partial charge in [-0.2, -0.15) is 13.2 Å². The van der Waals surface area contributed by atoms with E-state index in [4.69, 9.17) is 4.74 Å². The molecule has 6 nitrogen and oxygen atoms in total. The number of anilines is 3. The number of ether oxygens (including phenoxy) is 1. The molecule has 3 heterocycles. The zero-order valence-electron chi connectivity index (χ0n) is 20.6. The number of nitrogens with one attached hydrogen (secondary N) is 2. The van der Waals surface area contributed by atoms with E-state index in [1.54, 1.807) is 0 Å². The monoisotopic (exact) mass is 520 g/mol. The summed E-state index contributed by atoms with van der Waals surface area (Å²) in [6.07, 6.45) is -3.10. The molecular formula is C26H31F3N4O2S. The van der Waals surface area contributed by atoms with Crippen molar-refractivity contribution >= 4 is 34.9 Å². The van der Waals surface area contributed by atoms with Gasteiger partial charge in [-0.25, -0.2) is 4.79 Å². The van der Waals surface area contributed by atoms with E-state index < -0.39 is 23.4 Å².